The molecular formula is C19H23NO4S. The van der Waals surface area contributed by atoms with E-state index >= 15 is 0 Å². The molecule has 2 aromatic rings. The highest BCUT2D eigenvalue weighted by molar-refractivity contribution is 7.98. The fraction of sp³-hybridized carbons (Fsp3) is 0.368. The number of aryl methyl sites for hydroxylation is 2. The van der Waals surface area contributed by atoms with Crippen LogP contribution >= 0.6 is 11.8 Å². The highest BCUT2D eigenvalue weighted by Crippen LogP contribution is 2.43. The molecule has 0 saturated heterocycles. The molecule has 1 aromatic carbocycles. The van der Waals surface area contributed by atoms with Crippen LogP contribution in [-0.4, -0.2) is 38.4 Å². The standard InChI is InChI=1S/C19H23NO4S/c1-10-8-13(22-4)17(23-5)18(24-6)14(10)16(21)15-12(3)11(2)9-20-19(15)25-7/h8-9H,1-7H3. The largest absolute Gasteiger partial charge is 0.493 e. The average Bonchev–Trinajstić information content (AvgIpc) is 2.61. The first-order valence-corrected chi connectivity index (χ1v) is 8.98. The molecule has 0 unspecified atom stereocenters. The number of nitrogens with zero attached hydrogens (tertiary/aromatic N) is 1. The Labute approximate surface area is 152 Å². The Bertz CT molecular complexity index is 818. The fourth-order valence-electron chi connectivity index (χ4n) is 2.78. The van der Waals surface area contributed by atoms with Crippen molar-refractivity contribution in [2.24, 2.45) is 0 Å². The van der Waals surface area contributed by atoms with Crippen LogP contribution in [0.25, 0.3) is 0 Å². The number of hydrogen-bond donors (Lipinski definition) is 0. The predicted octanol–water partition coefficient (Wildman–Crippen LogP) is 3.99. The van der Waals surface area contributed by atoms with Gasteiger partial charge in [0, 0.05) is 6.20 Å². The summed E-state index contributed by atoms with van der Waals surface area (Å²) in [7, 11) is 4.60. The number of pyridine rings is 1. The molecule has 0 aliphatic carbocycles. The van der Waals surface area contributed by atoms with E-state index in [1.54, 1.807) is 19.4 Å². The molecule has 0 aliphatic rings. The van der Waals surface area contributed by atoms with Gasteiger partial charge in [0.05, 0.1) is 32.5 Å². The summed E-state index contributed by atoms with van der Waals surface area (Å²) in [6, 6.07) is 1.78. The maximum absolute atomic E-state index is 13.4. The smallest absolute Gasteiger partial charge is 0.204 e. The molecule has 0 N–H and O–H groups in total. The summed E-state index contributed by atoms with van der Waals surface area (Å²) in [5, 5.41) is 0.698. The van der Waals surface area contributed by atoms with Crippen molar-refractivity contribution in [3.05, 3.63) is 40.1 Å². The summed E-state index contributed by atoms with van der Waals surface area (Å²) in [6.45, 7) is 5.74. The summed E-state index contributed by atoms with van der Waals surface area (Å²) in [5.41, 5.74) is 3.71. The van der Waals surface area contributed by atoms with E-state index in [0.29, 0.717) is 33.4 Å². The highest BCUT2D eigenvalue weighted by Gasteiger charge is 2.27. The zero-order valence-electron chi connectivity index (χ0n) is 15.6. The first-order chi connectivity index (χ1) is 11.9. The van der Waals surface area contributed by atoms with Crippen molar-refractivity contribution < 1.29 is 19.0 Å². The van der Waals surface area contributed by atoms with Crippen molar-refractivity contribution in [3.8, 4) is 17.2 Å². The summed E-state index contributed by atoms with van der Waals surface area (Å²) < 4.78 is 16.3. The van der Waals surface area contributed by atoms with Crippen LogP contribution in [0.1, 0.15) is 32.6 Å². The van der Waals surface area contributed by atoms with E-state index in [4.69, 9.17) is 14.2 Å². The van der Waals surface area contributed by atoms with Gasteiger partial charge in [-0.3, -0.25) is 4.79 Å². The minimum Gasteiger partial charge on any atom is -0.493 e. The lowest BCUT2D eigenvalue weighted by atomic mass is 9.94. The Morgan fingerprint density at radius 2 is 1.60 bits per heavy atom. The second-order valence-corrected chi connectivity index (χ2v) is 6.41. The zero-order valence-corrected chi connectivity index (χ0v) is 16.5. The Balaban J connectivity index is 2.79. The minimum atomic E-state index is -0.131. The lowest BCUT2D eigenvalue weighted by Crippen LogP contribution is -2.12. The molecular weight excluding hydrogens is 338 g/mol. The third-order valence-corrected chi connectivity index (χ3v) is 4.93. The Hall–Kier alpha value is -2.21. The predicted molar refractivity (Wildman–Crippen MR) is 99.8 cm³/mol. The van der Waals surface area contributed by atoms with Crippen molar-refractivity contribution in [1.29, 1.82) is 0 Å². The zero-order chi connectivity index (χ0) is 18.7. The fourth-order valence-corrected chi connectivity index (χ4v) is 3.39. The normalized spacial score (nSPS) is 10.5. The number of thioether (sulfide) groups is 1. The second kappa shape index (κ2) is 7.78. The highest BCUT2D eigenvalue weighted by atomic mass is 32.2. The molecule has 1 heterocycles. The molecule has 0 fully saturated rings. The first kappa shape index (κ1) is 19.1. The number of carbonyl (C=O) groups is 1. The van der Waals surface area contributed by atoms with Crippen molar-refractivity contribution in [2.75, 3.05) is 27.6 Å². The maximum atomic E-state index is 13.4. The van der Waals surface area contributed by atoms with Gasteiger partial charge < -0.3 is 14.2 Å². The molecule has 6 heteroatoms. The van der Waals surface area contributed by atoms with Gasteiger partial charge in [0.25, 0.3) is 0 Å². The van der Waals surface area contributed by atoms with Crippen LogP contribution in [0, 0.1) is 20.8 Å². The van der Waals surface area contributed by atoms with E-state index in [0.717, 1.165) is 16.7 Å². The average molecular weight is 361 g/mol. The topological polar surface area (TPSA) is 57.7 Å². The molecule has 5 nitrogen and oxygen atoms in total. The molecule has 0 amide bonds. The van der Waals surface area contributed by atoms with Gasteiger partial charge in [0.2, 0.25) is 5.75 Å². The van der Waals surface area contributed by atoms with Crippen LogP contribution in [-0.2, 0) is 0 Å². The molecule has 0 bridgehead atoms. The van der Waals surface area contributed by atoms with Crippen molar-refractivity contribution in [2.45, 2.75) is 25.8 Å². The van der Waals surface area contributed by atoms with Gasteiger partial charge in [-0.05, 0) is 49.8 Å². The molecule has 0 atom stereocenters. The van der Waals surface area contributed by atoms with E-state index in [-0.39, 0.29) is 5.78 Å². The minimum absolute atomic E-state index is 0.131. The summed E-state index contributed by atoms with van der Waals surface area (Å²) in [6.07, 6.45) is 3.70. The molecule has 1 aromatic heterocycles. The van der Waals surface area contributed by atoms with Gasteiger partial charge in [0.15, 0.2) is 17.3 Å². The van der Waals surface area contributed by atoms with E-state index < -0.39 is 0 Å². The maximum Gasteiger partial charge on any atom is 0.204 e. The third-order valence-electron chi connectivity index (χ3n) is 4.23. The number of methoxy groups -OCH3 is 3. The van der Waals surface area contributed by atoms with Gasteiger partial charge in [-0.25, -0.2) is 4.98 Å². The molecule has 25 heavy (non-hydrogen) atoms. The molecule has 0 spiro atoms. The number of ketones is 1. The quantitative estimate of drug-likeness (QED) is 0.573. The summed E-state index contributed by atoms with van der Waals surface area (Å²) >= 11 is 1.45. The van der Waals surface area contributed by atoms with Gasteiger partial charge in [-0.2, -0.15) is 0 Å². The number of carbonyl (C=O) groups excluding carboxylic acids is 1. The Morgan fingerprint density at radius 3 is 2.12 bits per heavy atom. The van der Waals surface area contributed by atoms with E-state index in [9.17, 15) is 4.79 Å². The SMILES string of the molecule is COc1cc(C)c(C(=O)c2c(SC)ncc(C)c2C)c(OC)c1OC. The van der Waals surface area contributed by atoms with Gasteiger partial charge in [-0.15, -0.1) is 11.8 Å². The number of ether oxygens (including phenoxy) is 3. The van der Waals surface area contributed by atoms with Crippen LogP contribution in [0.2, 0.25) is 0 Å². The van der Waals surface area contributed by atoms with Gasteiger partial charge >= 0.3 is 0 Å². The Kier molecular flexibility index (Phi) is 5.95. The van der Waals surface area contributed by atoms with E-state index in [2.05, 4.69) is 4.98 Å². The van der Waals surface area contributed by atoms with Gasteiger partial charge in [0.1, 0.15) is 5.03 Å². The van der Waals surface area contributed by atoms with Crippen molar-refractivity contribution in [3.63, 3.8) is 0 Å². The number of hydrogen-bond acceptors (Lipinski definition) is 6. The lowest BCUT2D eigenvalue weighted by Gasteiger charge is -2.19. The summed E-state index contributed by atoms with van der Waals surface area (Å²) in [4.78, 5) is 17.8. The lowest BCUT2D eigenvalue weighted by molar-refractivity contribution is 0.103. The molecule has 0 radical (unpaired) electrons. The molecule has 0 saturated carbocycles. The van der Waals surface area contributed by atoms with Crippen LogP contribution in [0.3, 0.4) is 0 Å². The second-order valence-electron chi connectivity index (χ2n) is 5.62. The van der Waals surface area contributed by atoms with Crippen LogP contribution < -0.4 is 14.2 Å². The monoisotopic (exact) mass is 361 g/mol. The van der Waals surface area contributed by atoms with Crippen LogP contribution in [0.15, 0.2) is 17.3 Å². The first-order valence-electron chi connectivity index (χ1n) is 7.75. The number of benzene rings is 1. The van der Waals surface area contributed by atoms with Crippen molar-refractivity contribution in [1.82, 2.24) is 4.98 Å². The third kappa shape index (κ3) is 3.31. The van der Waals surface area contributed by atoms with Crippen molar-refractivity contribution >= 4 is 17.5 Å². The van der Waals surface area contributed by atoms with E-state index in [1.165, 1.54) is 26.0 Å². The molecule has 2 rings (SSSR count). The summed E-state index contributed by atoms with van der Waals surface area (Å²) in [5.74, 6) is 1.17. The van der Waals surface area contributed by atoms with Crippen LogP contribution in [0.5, 0.6) is 17.2 Å². The van der Waals surface area contributed by atoms with Gasteiger partial charge in [-0.1, -0.05) is 0 Å². The number of rotatable bonds is 6. The molecule has 0 aliphatic heterocycles. The molecule has 134 valence electrons. The van der Waals surface area contributed by atoms with E-state index in [1.807, 2.05) is 27.0 Å². The van der Waals surface area contributed by atoms with Crippen LogP contribution in [0.4, 0.5) is 0 Å². The Morgan fingerprint density at radius 1 is 0.960 bits per heavy atom. The number of aromatic nitrogens is 1.